The molecule has 0 aromatic heterocycles. The normalized spacial score (nSPS) is 11.1. The van der Waals surface area contributed by atoms with Crippen LogP contribution < -0.4 is 10.5 Å². The number of nitrogens with two attached hydrogens (primary N) is 1. The van der Waals surface area contributed by atoms with Crippen molar-refractivity contribution in [1.29, 1.82) is 0 Å². The van der Waals surface area contributed by atoms with Crippen LogP contribution in [0.1, 0.15) is 31.8 Å². The van der Waals surface area contributed by atoms with Gasteiger partial charge in [-0.15, -0.1) is 0 Å². The molecule has 0 radical (unpaired) electrons. The highest BCUT2D eigenvalue weighted by molar-refractivity contribution is 9.10. The topological polar surface area (TPSA) is 106 Å². The van der Waals surface area contributed by atoms with E-state index in [1.165, 1.54) is 12.1 Å². The van der Waals surface area contributed by atoms with Gasteiger partial charge in [-0.05, 0) is 55.0 Å². The minimum absolute atomic E-state index is 0.0745. The monoisotopic (exact) mass is 472 g/mol. The first-order valence-corrected chi connectivity index (χ1v) is 10.8. The number of hydrogen-bond donors (Lipinski definition) is 2. The second-order valence-corrected chi connectivity index (χ2v) is 8.81. The van der Waals surface area contributed by atoms with Crippen LogP contribution >= 0.6 is 15.9 Å². The highest BCUT2D eigenvalue weighted by Crippen LogP contribution is 2.22. The largest absolute Gasteiger partial charge is 0.322 e. The number of halogens is 1. The van der Waals surface area contributed by atoms with Crippen molar-refractivity contribution in [3.8, 4) is 0 Å². The molecule has 0 spiro atoms. The van der Waals surface area contributed by atoms with Crippen LogP contribution in [0.4, 0.5) is 5.69 Å². The zero-order chi connectivity index (χ0) is 21.2. The average molecular weight is 473 g/mol. The number of primary sulfonamides is 1. The van der Waals surface area contributed by atoms with Crippen LogP contribution in [0, 0.1) is 6.92 Å². The van der Waals surface area contributed by atoms with Crippen molar-refractivity contribution < 1.29 is 18.0 Å². The van der Waals surface area contributed by atoms with E-state index in [9.17, 15) is 18.0 Å². The number of carbonyl (C=O) groups excluding carboxylic acids is 2. The van der Waals surface area contributed by atoms with Crippen LogP contribution in [0.2, 0.25) is 0 Å². The zero-order valence-electron chi connectivity index (χ0n) is 15.3. The molecule has 6 nitrogen and oxygen atoms in total. The molecule has 29 heavy (non-hydrogen) atoms. The highest BCUT2D eigenvalue weighted by Gasteiger charge is 2.19. The fraction of sp³-hybridized carbons (Fsp3) is 0.0476. The molecule has 0 unspecified atom stereocenters. The Morgan fingerprint density at radius 1 is 0.931 bits per heavy atom. The molecular weight excluding hydrogens is 456 g/mol. The lowest BCUT2D eigenvalue weighted by atomic mass is 9.98. The Labute approximate surface area is 176 Å². The summed E-state index contributed by atoms with van der Waals surface area (Å²) in [7, 11) is -3.93. The molecule has 0 aliphatic rings. The Morgan fingerprint density at radius 3 is 2.17 bits per heavy atom. The summed E-state index contributed by atoms with van der Waals surface area (Å²) in [6.45, 7) is 1.61. The molecule has 0 heterocycles. The molecule has 3 rings (SSSR count). The number of ketones is 1. The van der Waals surface area contributed by atoms with Gasteiger partial charge in [0.05, 0.1) is 10.5 Å². The van der Waals surface area contributed by atoms with Crippen LogP contribution in [0.5, 0.6) is 0 Å². The van der Waals surface area contributed by atoms with E-state index in [1.54, 1.807) is 61.5 Å². The van der Waals surface area contributed by atoms with Crippen molar-refractivity contribution in [2.24, 2.45) is 5.14 Å². The van der Waals surface area contributed by atoms with Crippen LogP contribution in [-0.2, 0) is 10.0 Å². The van der Waals surface area contributed by atoms with Crippen LogP contribution in [0.3, 0.4) is 0 Å². The first kappa shape index (κ1) is 20.9. The third-order valence-corrected chi connectivity index (χ3v) is 5.86. The Balaban J connectivity index is 1.93. The molecule has 148 valence electrons. The molecule has 0 bridgehead atoms. The van der Waals surface area contributed by atoms with Crippen molar-refractivity contribution >= 4 is 43.3 Å². The molecular formula is C21H17BrN2O4S. The van der Waals surface area contributed by atoms with Crippen molar-refractivity contribution in [3.63, 3.8) is 0 Å². The summed E-state index contributed by atoms with van der Waals surface area (Å²) in [5.74, 6) is -0.826. The third kappa shape index (κ3) is 4.79. The highest BCUT2D eigenvalue weighted by atomic mass is 79.9. The van der Waals surface area contributed by atoms with Crippen LogP contribution in [-0.4, -0.2) is 20.1 Å². The van der Waals surface area contributed by atoms with Crippen LogP contribution in [0.25, 0.3) is 0 Å². The first-order valence-electron chi connectivity index (χ1n) is 8.51. The molecule has 0 aliphatic carbocycles. The van der Waals surface area contributed by atoms with Gasteiger partial charge >= 0.3 is 0 Å². The summed E-state index contributed by atoms with van der Waals surface area (Å²) in [5.41, 5.74) is 1.59. The van der Waals surface area contributed by atoms with Gasteiger partial charge in [0, 0.05) is 21.3 Å². The number of rotatable bonds is 5. The second-order valence-electron chi connectivity index (χ2n) is 6.36. The number of carbonyl (C=O) groups is 2. The lowest BCUT2D eigenvalue weighted by Gasteiger charge is -2.11. The Kier molecular flexibility index (Phi) is 5.97. The molecule has 0 aliphatic heterocycles. The lowest BCUT2D eigenvalue weighted by molar-refractivity contribution is 0.0996. The van der Waals surface area contributed by atoms with Crippen molar-refractivity contribution in [2.45, 2.75) is 11.8 Å². The molecule has 3 aromatic carbocycles. The molecule has 0 saturated heterocycles. The summed E-state index contributed by atoms with van der Waals surface area (Å²) in [6.07, 6.45) is 0. The van der Waals surface area contributed by atoms with E-state index in [0.29, 0.717) is 11.1 Å². The number of aryl methyl sites for hydroxylation is 1. The summed E-state index contributed by atoms with van der Waals surface area (Å²) in [4.78, 5) is 25.6. The lowest BCUT2D eigenvalue weighted by Crippen LogP contribution is -2.18. The van der Waals surface area contributed by atoms with Gasteiger partial charge in [0.25, 0.3) is 5.91 Å². The van der Waals surface area contributed by atoms with E-state index in [1.807, 2.05) is 0 Å². The standard InChI is InChI=1S/C21H17BrN2O4S/c1-13-6-11-16(12-19(13)29(23,27)28)24-21(26)18-5-3-2-4-17(18)20(25)14-7-9-15(22)10-8-14/h2-12H,1H3,(H,24,26)(H2,23,27,28). The fourth-order valence-electron chi connectivity index (χ4n) is 2.82. The maximum absolute atomic E-state index is 12.9. The zero-order valence-corrected chi connectivity index (χ0v) is 17.7. The smallest absolute Gasteiger partial charge is 0.256 e. The van der Waals surface area contributed by atoms with Gasteiger partial charge < -0.3 is 5.32 Å². The van der Waals surface area contributed by atoms with Crippen molar-refractivity contribution in [3.05, 3.63) is 93.5 Å². The van der Waals surface area contributed by atoms with Gasteiger partial charge in [-0.25, -0.2) is 13.6 Å². The Hall–Kier alpha value is -2.81. The average Bonchev–Trinajstić information content (AvgIpc) is 2.68. The Bertz CT molecular complexity index is 1210. The minimum atomic E-state index is -3.93. The van der Waals surface area contributed by atoms with E-state index < -0.39 is 15.9 Å². The molecule has 8 heteroatoms. The summed E-state index contributed by atoms with van der Waals surface area (Å²) < 4.78 is 24.2. The van der Waals surface area contributed by atoms with E-state index in [4.69, 9.17) is 5.14 Å². The van der Waals surface area contributed by atoms with E-state index >= 15 is 0 Å². The molecule has 0 saturated carbocycles. The third-order valence-electron chi connectivity index (χ3n) is 4.28. The molecule has 1 amide bonds. The fourth-order valence-corrected chi connectivity index (χ4v) is 3.89. The predicted octanol–water partition coefficient (Wildman–Crippen LogP) is 3.89. The molecule has 3 aromatic rings. The van der Waals surface area contributed by atoms with Gasteiger partial charge in [0.15, 0.2) is 5.78 Å². The maximum atomic E-state index is 12.9. The van der Waals surface area contributed by atoms with Gasteiger partial charge in [-0.1, -0.05) is 40.2 Å². The van der Waals surface area contributed by atoms with E-state index in [2.05, 4.69) is 21.2 Å². The quantitative estimate of drug-likeness (QED) is 0.549. The summed E-state index contributed by atoms with van der Waals surface area (Å²) in [6, 6.07) is 17.7. The molecule has 0 atom stereocenters. The number of hydrogen-bond acceptors (Lipinski definition) is 4. The SMILES string of the molecule is Cc1ccc(NC(=O)c2ccccc2C(=O)c2ccc(Br)cc2)cc1S(N)(=O)=O. The van der Waals surface area contributed by atoms with E-state index in [-0.39, 0.29) is 27.5 Å². The number of amides is 1. The van der Waals surface area contributed by atoms with Gasteiger partial charge in [-0.2, -0.15) is 0 Å². The predicted molar refractivity (Wildman–Crippen MR) is 115 cm³/mol. The second kappa shape index (κ2) is 8.28. The van der Waals surface area contributed by atoms with E-state index in [0.717, 1.165) is 4.47 Å². The Morgan fingerprint density at radius 2 is 1.55 bits per heavy atom. The number of nitrogens with one attached hydrogen (secondary N) is 1. The first-order chi connectivity index (χ1) is 13.7. The summed E-state index contributed by atoms with van der Waals surface area (Å²) in [5, 5.41) is 7.85. The molecule has 0 fully saturated rings. The number of anilines is 1. The van der Waals surface area contributed by atoms with Gasteiger partial charge in [-0.3, -0.25) is 9.59 Å². The summed E-state index contributed by atoms with van der Waals surface area (Å²) >= 11 is 3.32. The minimum Gasteiger partial charge on any atom is -0.322 e. The molecule has 3 N–H and O–H groups in total. The number of sulfonamides is 1. The van der Waals surface area contributed by atoms with Crippen molar-refractivity contribution in [2.75, 3.05) is 5.32 Å². The van der Waals surface area contributed by atoms with Crippen LogP contribution in [0.15, 0.2) is 76.1 Å². The van der Waals surface area contributed by atoms with Gasteiger partial charge in [0.1, 0.15) is 0 Å². The van der Waals surface area contributed by atoms with Gasteiger partial charge in [0.2, 0.25) is 10.0 Å². The number of benzene rings is 3. The maximum Gasteiger partial charge on any atom is 0.256 e. The van der Waals surface area contributed by atoms with Crippen molar-refractivity contribution in [1.82, 2.24) is 0 Å².